The molecule has 0 aliphatic heterocycles. The van der Waals surface area contributed by atoms with E-state index in [0.29, 0.717) is 28.7 Å². The Kier molecular flexibility index (Phi) is 3.11. The Labute approximate surface area is 105 Å². The molecule has 0 fully saturated rings. The highest BCUT2D eigenvalue weighted by atomic mass is 15.1. The topological polar surface area (TPSA) is 87.6 Å². The molecule has 0 bridgehead atoms. The number of benzene rings is 1. The lowest BCUT2D eigenvalue weighted by Crippen LogP contribution is -2.05. The van der Waals surface area contributed by atoms with Crippen LogP contribution in [0.4, 0.5) is 17.3 Å². The highest BCUT2D eigenvalue weighted by Crippen LogP contribution is 2.23. The number of anilines is 3. The quantitative estimate of drug-likeness (QED) is 0.839. The summed E-state index contributed by atoms with van der Waals surface area (Å²) >= 11 is 0. The van der Waals surface area contributed by atoms with Gasteiger partial charge in [-0.2, -0.15) is 5.26 Å². The molecular weight excluding hydrogens is 226 g/mol. The third-order valence-corrected chi connectivity index (χ3v) is 2.60. The Morgan fingerprint density at radius 3 is 2.67 bits per heavy atom. The maximum Gasteiger partial charge on any atom is 0.139 e. The fourth-order valence-electron chi connectivity index (χ4n) is 1.59. The van der Waals surface area contributed by atoms with E-state index in [1.807, 2.05) is 25.1 Å². The molecule has 0 aliphatic carbocycles. The molecular formula is C13H13N5. The molecule has 0 amide bonds. The normalized spacial score (nSPS) is 9.83. The minimum atomic E-state index is 0.444. The van der Waals surface area contributed by atoms with Gasteiger partial charge in [-0.25, -0.2) is 9.97 Å². The molecule has 0 atom stereocenters. The molecule has 18 heavy (non-hydrogen) atoms. The fourth-order valence-corrected chi connectivity index (χ4v) is 1.59. The number of nitrogens with two attached hydrogens (primary N) is 1. The average molecular weight is 239 g/mol. The van der Waals surface area contributed by atoms with Crippen molar-refractivity contribution in [2.45, 2.75) is 13.8 Å². The zero-order valence-corrected chi connectivity index (χ0v) is 10.2. The zero-order chi connectivity index (χ0) is 13.1. The van der Waals surface area contributed by atoms with Crippen LogP contribution in [0.15, 0.2) is 24.3 Å². The SMILES string of the molecule is Cc1nc(N)c(C)c(Nc2ccccc2C#N)n1. The Balaban J connectivity index is 2.44. The third kappa shape index (κ3) is 2.23. The Morgan fingerprint density at radius 1 is 1.22 bits per heavy atom. The van der Waals surface area contributed by atoms with Gasteiger partial charge in [0.2, 0.25) is 0 Å². The molecule has 5 nitrogen and oxygen atoms in total. The number of nitrogen functional groups attached to an aromatic ring is 1. The summed E-state index contributed by atoms with van der Waals surface area (Å²) in [5.41, 5.74) is 7.83. The number of rotatable bonds is 2. The van der Waals surface area contributed by atoms with Gasteiger partial charge in [0.1, 0.15) is 23.5 Å². The minimum Gasteiger partial charge on any atom is -0.383 e. The van der Waals surface area contributed by atoms with Gasteiger partial charge in [-0.3, -0.25) is 0 Å². The summed E-state index contributed by atoms with van der Waals surface area (Å²) in [6.45, 7) is 3.61. The maximum atomic E-state index is 9.03. The molecule has 90 valence electrons. The number of hydrogen-bond donors (Lipinski definition) is 2. The number of aryl methyl sites for hydroxylation is 1. The molecule has 1 heterocycles. The van der Waals surface area contributed by atoms with Crippen molar-refractivity contribution in [1.82, 2.24) is 9.97 Å². The van der Waals surface area contributed by atoms with Crippen molar-refractivity contribution in [3.63, 3.8) is 0 Å². The van der Waals surface area contributed by atoms with Gasteiger partial charge < -0.3 is 11.1 Å². The summed E-state index contributed by atoms with van der Waals surface area (Å²) in [7, 11) is 0. The van der Waals surface area contributed by atoms with E-state index >= 15 is 0 Å². The van der Waals surface area contributed by atoms with Crippen LogP contribution < -0.4 is 11.1 Å². The third-order valence-electron chi connectivity index (χ3n) is 2.60. The smallest absolute Gasteiger partial charge is 0.139 e. The molecule has 3 N–H and O–H groups in total. The molecule has 0 radical (unpaired) electrons. The Bertz CT molecular complexity index is 628. The van der Waals surface area contributed by atoms with Crippen molar-refractivity contribution in [3.05, 3.63) is 41.2 Å². The molecule has 5 heteroatoms. The summed E-state index contributed by atoms with van der Waals surface area (Å²) in [6, 6.07) is 9.37. The lowest BCUT2D eigenvalue weighted by Gasteiger charge is -2.11. The molecule has 0 spiro atoms. The van der Waals surface area contributed by atoms with E-state index < -0.39 is 0 Å². The van der Waals surface area contributed by atoms with E-state index in [0.717, 1.165) is 5.56 Å². The van der Waals surface area contributed by atoms with Crippen LogP contribution in [0, 0.1) is 25.2 Å². The fraction of sp³-hybridized carbons (Fsp3) is 0.154. The van der Waals surface area contributed by atoms with Gasteiger partial charge in [0.25, 0.3) is 0 Å². The van der Waals surface area contributed by atoms with E-state index in [1.54, 1.807) is 13.0 Å². The summed E-state index contributed by atoms with van der Waals surface area (Å²) in [5, 5.41) is 12.1. The molecule has 1 aromatic carbocycles. The van der Waals surface area contributed by atoms with Gasteiger partial charge in [-0.1, -0.05) is 12.1 Å². The van der Waals surface area contributed by atoms with E-state index in [4.69, 9.17) is 11.0 Å². The molecule has 2 aromatic rings. The van der Waals surface area contributed by atoms with Gasteiger partial charge in [0.15, 0.2) is 0 Å². The van der Waals surface area contributed by atoms with E-state index in [1.165, 1.54) is 0 Å². The van der Waals surface area contributed by atoms with Gasteiger partial charge in [0, 0.05) is 5.56 Å². The van der Waals surface area contributed by atoms with Crippen LogP contribution >= 0.6 is 0 Å². The number of nitrogens with zero attached hydrogens (tertiary/aromatic N) is 3. The highest BCUT2D eigenvalue weighted by molar-refractivity contribution is 5.68. The van der Waals surface area contributed by atoms with E-state index in [2.05, 4.69) is 21.4 Å². The second-order valence-corrected chi connectivity index (χ2v) is 3.91. The van der Waals surface area contributed by atoms with Gasteiger partial charge in [-0.15, -0.1) is 0 Å². The summed E-state index contributed by atoms with van der Waals surface area (Å²) < 4.78 is 0. The zero-order valence-electron chi connectivity index (χ0n) is 10.2. The van der Waals surface area contributed by atoms with Gasteiger partial charge in [0.05, 0.1) is 11.3 Å². The van der Waals surface area contributed by atoms with Crippen LogP contribution in [0.2, 0.25) is 0 Å². The summed E-state index contributed by atoms with van der Waals surface area (Å²) in [6.07, 6.45) is 0. The molecule has 2 rings (SSSR count). The molecule has 0 unspecified atom stereocenters. The monoisotopic (exact) mass is 239 g/mol. The van der Waals surface area contributed by atoms with Crippen LogP contribution in [-0.2, 0) is 0 Å². The van der Waals surface area contributed by atoms with Crippen LogP contribution in [0.1, 0.15) is 17.0 Å². The molecule has 0 aliphatic rings. The minimum absolute atomic E-state index is 0.444. The van der Waals surface area contributed by atoms with Gasteiger partial charge in [-0.05, 0) is 26.0 Å². The number of para-hydroxylation sites is 1. The van der Waals surface area contributed by atoms with Crippen molar-refractivity contribution in [1.29, 1.82) is 5.26 Å². The molecule has 0 saturated heterocycles. The highest BCUT2D eigenvalue weighted by Gasteiger charge is 2.08. The molecule has 1 aromatic heterocycles. The van der Waals surface area contributed by atoms with Crippen molar-refractivity contribution < 1.29 is 0 Å². The van der Waals surface area contributed by atoms with Crippen molar-refractivity contribution in [3.8, 4) is 6.07 Å². The van der Waals surface area contributed by atoms with E-state index in [9.17, 15) is 0 Å². The number of nitrogens with one attached hydrogen (secondary N) is 1. The predicted octanol–water partition coefficient (Wildman–Crippen LogP) is 2.29. The first-order valence-electron chi connectivity index (χ1n) is 5.48. The van der Waals surface area contributed by atoms with Crippen LogP contribution in [0.3, 0.4) is 0 Å². The number of hydrogen-bond acceptors (Lipinski definition) is 5. The van der Waals surface area contributed by atoms with Gasteiger partial charge >= 0.3 is 0 Å². The Morgan fingerprint density at radius 2 is 1.94 bits per heavy atom. The first-order chi connectivity index (χ1) is 8.61. The summed E-state index contributed by atoms with van der Waals surface area (Å²) in [5.74, 6) is 1.66. The van der Waals surface area contributed by atoms with Crippen LogP contribution in [0.5, 0.6) is 0 Å². The van der Waals surface area contributed by atoms with Crippen LogP contribution in [0.25, 0.3) is 0 Å². The predicted molar refractivity (Wildman–Crippen MR) is 70.4 cm³/mol. The van der Waals surface area contributed by atoms with Crippen molar-refractivity contribution >= 4 is 17.3 Å². The van der Waals surface area contributed by atoms with Crippen LogP contribution in [-0.4, -0.2) is 9.97 Å². The maximum absolute atomic E-state index is 9.03. The Hall–Kier alpha value is -2.61. The first kappa shape index (κ1) is 11.9. The lowest BCUT2D eigenvalue weighted by molar-refractivity contribution is 1.04. The van der Waals surface area contributed by atoms with Crippen molar-refractivity contribution in [2.24, 2.45) is 0 Å². The molecule has 0 saturated carbocycles. The van der Waals surface area contributed by atoms with Crippen molar-refractivity contribution in [2.75, 3.05) is 11.1 Å². The average Bonchev–Trinajstić information content (AvgIpc) is 2.36. The standard InChI is InChI=1S/C13H13N5/c1-8-12(15)16-9(2)17-13(8)18-11-6-4-3-5-10(11)7-14/h3-6H,1-2H3,(H3,15,16,17,18). The first-order valence-corrected chi connectivity index (χ1v) is 5.48. The summed E-state index contributed by atoms with van der Waals surface area (Å²) in [4.78, 5) is 8.37. The largest absolute Gasteiger partial charge is 0.383 e. The number of nitriles is 1. The van der Waals surface area contributed by atoms with E-state index in [-0.39, 0.29) is 0 Å². The second-order valence-electron chi connectivity index (χ2n) is 3.91. The lowest BCUT2D eigenvalue weighted by atomic mass is 10.2. The second kappa shape index (κ2) is 4.72. The number of aromatic nitrogens is 2.